The number of benzene rings is 2. The molecule has 2 aromatic carbocycles. The molecule has 0 spiro atoms. The van der Waals surface area contributed by atoms with E-state index in [1.807, 2.05) is 24.5 Å². The minimum absolute atomic E-state index is 0.224. The van der Waals surface area contributed by atoms with Gasteiger partial charge in [0.05, 0.1) is 12.5 Å². The summed E-state index contributed by atoms with van der Waals surface area (Å²) in [7, 11) is 0. The zero-order valence-corrected chi connectivity index (χ0v) is 15.1. The number of carbonyl (C=O) groups is 1. The van der Waals surface area contributed by atoms with Crippen molar-refractivity contribution in [2.45, 2.75) is 32.2 Å². The minimum Gasteiger partial charge on any atom is -0.335 e. The molecule has 3 nitrogen and oxygen atoms in total. The maximum absolute atomic E-state index is 12.9. The lowest BCUT2D eigenvalue weighted by Gasteiger charge is -2.25. The Balaban J connectivity index is 1.47. The van der Waals surface area contributed by atoms with Crippen LogP contribution in [0.1, 0.15) is 35.6 Å². The molecule has 1 fully saturated rings. The fourth-order valence-corrected chi connectivity index (χ4v) is 3.86. The predicted molar refractivity (Wildman–Crippen MR) is 104 cm³/mol. The summed E-state index contributed by atoms with van der Waals surface area (Å²) in [5.41, 5.74) is 4.70. The maximum atomic E-state index is 12.9. The van der Waals surface area contributed by atoms with Crippen molar-refractivity contribution in [1.29, 1.82) is 0 Å². The second-order valence-corrected chi connectivity index (χ2v) is 7.09. The first-order valence-electron chi connectivity index (χ1n) is 9.29. The molecule has 1 aliphatic rings. The Morgan fingerprint density at radius 1 is 1.04 bits per heavy atom. The van der Waals surface area contributed by atoms with E-state index in [0.717, 1.165) is 30.6 Å². The summed E-state index contributed by atoms with van der Waals surface area (Å²) < 4.78 is 2.07. The van der Waals surface area contributed by atoms with Crippen molar-refractivity contribution < 1.29 is 4.79 Å². The largest absolute Gasteiger partial charge is 0.335 e. The van der Waals surface area contributed by atoms with E-state index in [0.29, 0.717) is 6.42 Å². The van der Waals surface area contributed by atoms with Gasteiger partial charge < -0.3 is 9.47 Å². The van der Waals surface area contributed by atoms with E-state index in [9.17, 15) is 4.79 Å². The van der Waals surface area contributed by atoms with Gasteiger partial charge in [-0.3, -0.25) is 4.79 Å². The third-order valence-corrected chi connectivity index (χ3v) is 5.19. The molecule has 1 aliphatic heterocycles. The molecule has 0 aliphatic carbocycles. The zero-order chi connectivity index (χ0) is 17.9. The lowest BCUT2D eigenvalue weighted by Crippen LogP contribution is -2.31. The van der Waals surface area contributed by atoms with Crippen LogP contribution in [0.3, 0.4) is 0 Å². The quantitative estimate of drug-likeness (QED) is 0.674. The van der Waals surface area contributed by atoms with Crippen LogP contribution in [0, 0.1) is 6.92 Å². The van der Waals surface area contributed by atoms with Crippen LogP contribution in [-0.4, -0.2) is 21.9 Å². The summed E-state index contributed by atoms with van der Waals surface area (Å²) in [6.45, 7) is 2.97. The van der Waals surface area contributed by atoms with Crippen molar-refractivity contribution >= 4 is 5.91 Å². The molecule has 1 aromatic heterocycles. The van der Waals surface area contributed by atoms with Gasteiger partial charge in [0, 0.05) is 24.6 Å². The topological polar surface area (TPSA) is 25.2 Å². The first-order chi connectivity index (χ1) is 12.7. The second-order valence-electron chi connectivity index (χ2n) is 7.09. The molecule has 3 aromatic rings. The highest BCUT2D eigenvalue weighted by molar-refractivity contribution is 5.79. The summed E-state index contributed by atoms with van der Waals surface area (Å²) in [6.07, 6.45) is 6.65. The molecule has 0 N–H and O–H groups in total. The van der Waals surface area contributed by atoms with E-state index in [1.54, 1.807) is 0 Å². The summed E-state index contributed by atoms with van der Waals surface area (Å²) in [5, 5.41) is 0. The van der Waals surface area contributed by atoms with E-state index in [4.69, 9.17) is 0 Å². The van der Waals surface area contributed by atoms with E-state index in [-0.39, 0.29) is 11.9 Å². The monoisotopic (exact) mass is 344 g/mol. The average molecular weight is 344 g/mol. The predicted octanol–water partition coefficient (Wildman–Crippen LogP) is 4.69. The number of hydrogen-bond acceptors (Lipinski definition) is 1. The van der Waals surface area contributed by atoms with Crippen LogP contribution in [0.4, 0.5) is 0 Å². The van der Waals surface area contributed by atoms with Crippen LogP contribution in [0.2, 0.25) is 0 Å². The maximum Gasteiger partial charge on any atom is 0.227 e. The third kappa shape index (κ3) is 3.43. The van der Waals surface area contributed by atoms with Gasteiger partial charge in [0.1, 0.15) is 0 Å². The van der Waals surface area contributed by atoms with Crippen LogP contribution < -0.4 is 0 Å². The van der Waals surface area contributed by atoms with Gasteiger partial charge in [0.25, 0.3) is 0 Å². The Labute approximate surface area is 154 Å². The molecular weight excluding hydrogens is 320 g/mol. The van der Waals surface area contributed by atoms with Gasteiger partial charge in [0.2, 0.25) is 5.91 Å². The fraction of sp³-hybridized carbons (Fsp3) is 0.261. The molecule has 1 atom stereocenters. The molecular formula is C23H24N2O. The highest BCUT2D eigenvalue weighted by Gasteiger charge is 2.29. The Hall–Kier alpha value is -2.81. The average Bonchev–Trinajstić information content (AvgIpc) is 3.34. The van der Waals surface area contributed by atoms with Crippen molar-refractivity contribution in [2.24, 2.45) is 0 Å². The number of likely N-dealkylation sites (tertiary alicyclic amines) is 1. The lowest BCUT2D eigenvalue weighted by molar-refractivity contribution is -0.131. The smallest absolute Gasteiger partial charge is 0.227 e. The standard InChI is InChI=1S/C23H24N2O/c1-18-6-4-7-20(16-18)22-8-5-15-25(22)23(26)17-19-9-11-21(12-10-19)24-13-2-3-14-24/h2-4,6-7,9-14,16,22H,5,8,15,17H2,1H3/t22-/m0/s1. The Bertz CT molecular complexity index is 881. The van der Waals surface area contributed by atoms with Crippen LogP contribution in [0.5, 0.6) is 0 Å². The van der Waals surface area contributed by atoms with Crippen molar-refractivity contribution in [3.05, 3.63) is 89.7 Å². The van der Waals surface area contributed by atoms with Crippen LogP contribution >= 0.6 is 0 Å². The first-order valence-corrected chi connectivity index (χ1v) is 9.29. The van der Waals surface area contributed by atoms with E-state index in [1.165, 1.54) is 11.1 Å². The molecule has 132 valence electrons. The van der Waals surface area contributed by atoms with E-state index < -0.39 is 0 Å². The van der Waals surface area contributed by atoms with Gasteiger partial charge in [-0.1, -0.05) is 42.0 Å². The summed E-state index contributed by atoms with van der Waals surface area (Å²) >= 11 is 0. The number of aryl methyl sites for hydroxylation is 1. The third-order valence-electron chi connectivity index (χ3n) is 5.19. The van der Waals surface area contributed by atoms with Gasteiger partial charge in [-0.2, -0.15) is 0 Å². The summed E-state index contributed by atoms with van der Waals surface area (Å²) in [4.78, 5) is 15.0. The highest BCUT2D eigenvalue weighted by atomic mass is 16.2. The molecule has 3 heteroatoms. The fourth-order valence-electron chi connectivity index (χ4n) is 3.86. The number of aromatic nitrogens is 1. The number of amides is 1. The summed E-state index contributed by atoms with van der Waals surface area (Å²) in [6, 6.07) is 21.1. The van der Waals surface area contributed by atoms with Crippen molar-refractivity contribution in [1.82, 2.24) is 9.47 Å². The van der Waals surface area contributed by atoms with Crippen LogP contribution in [-0.2, 0) is 11.2 Å². The molecule has 4 rings (SSSR count). The normalized spacial score (nSPS) is 16.8. The lowest BCUT2D eigenvalue weighted by atomic mass is 10.0. The molecule has 2 heterocycles. The number of carbonyl (C=O) groups excluding carboxylic acids is 1. The Morgan fingerprint density at radius 2 is 1.81 bits per heavy atom. The van der Waals surface area contributed by atoms with Crippen molar-refractivity contribution in [3.63, 3.8) is 0 Å². The summed E-state index contributed by atoms with van der Waals surface area (Å²) in [5.74, 6) is 0.225. The molecule has 1 amide bonds. The Morgan fingerprint density at radius 3 is 2.54 bits per heavy atom. The minimum atomic E-state index is 0.224. The Kier molecular flexibility index (Phi) is 4.61. The van der Waals surface area contributed by atoms with Crippen molar-refractivity contribution in [3.8, 4) is 5.69 Å². The SMILES string of the molecule is Cc1cccc([C@@H]2CCCN2C(=O)Cc2ccc(-n3cccc3)cc2)c1. The van der Waals surface area contributed by atoms with Crippen LogP contribution in [0.15, 0.2) is 73.1 Å². The second kappa shape index (κ2) is 7.20. The van der Waals surface area contributed by atoms with Gasteiger partial charge in [-0.25, -0.2) is 0 Å². The highest BCUT2D eigenvalue weighted by Crippen LogP contribution is 2.32. The van der Waals surface area contributed by atoms with Crippen LogP contribution in [0.25, 0.3) is 5.69 Å². The zero-order valence-electron chi connectivity index (χ0n) is 15.1. The number of rotatable bonds is 4. The molecule has 0 radical (unpaired) electrons. The molecule has 0 unspecified atom stereocenters. The van der Waals surface area contributed by atoms with Gasteiger partial charge in [-0.15, -0.1) is 0 Å². The molecule has 0 saturated carbocycles. The van der Waals surface area contributed by atoms with E-state index in [2.05, 4.69) is 64.9 Å². The molecule has 0 bridgehead atoms. The van der Waals surface area contributed by atoms with Crippen molar-refractivity contribution in [2.75, 3.05) is 6.54 Å². The molecule has 1 saturated heterocycles. The van der Waals surface area contributed by atoms with Gasteiger partial charge in [0.15, 0.2) is 0 Å². The number of hydrogen-bond donors (Lipinski definition) is 0. The van der Waals surface area contributed by atoms with Gasteiger partial charge in [-0.05, 0) is 55.2 Å². The number of nitrogens with zero attached hydrogens (tertiary/aromatic N) is 2. The van der Waals surface area contributed by atoms with E-state index >= 15 is 0 Å². The van der Waals surface area contributed by atoms with Gasteiger partial charge >= 0.3 is 0 Å². The first kappa shape index (κ1) is 16.6. The molecule has 26 heavy (non-hydrogen) atoms.